The van der Waals surface area contributed by atoms with Gasteiger partial charge in [0.15, 0.2) is 0 Å². The molecule has 4 nitrogen and oxygen atoms in total. The Morgan fingerprint density at radius 1 is 1.33 bits per heavy atom. The Morgan fingerprint density at radius 2 is 2.11 bits per heavy atom. The lowest BCUT2D eigenvalue weighted by molar-refractivity contribution is 0.102. The molecule has 0 unspecified atom stereocenters. The largest absolute Gasteiger partial charge is 0.508 e. The van der Waals surface area contributed by atoms with Crippen LogP contribution in [-0.4, -0.2) is 16.0 Å². The third kappa shape index (κ3) is 2.60. The molecule has 1 amide bonds. The Bertz CT molecular complexity index is 582. The summed E-state index contributed by atoms with van der Waals surface area (Å²) in [7, 11) is 0. The van der Waals surface area contributed by atoms with Crippen LogP contribution in [0.3, 0.4) is 0 Å². The van der Waals surface area contributed by atoms with Gasteiger partial charge in [-0.25, -0.2) is 4.98 Å². The number of phenolic OH excluding ortho intramolecular Hbond substituents is 1. The molecule has 1 aromatic heterocycles. The second-order valence-corrected chi connectivity index (χ2v) is 4.20. The molecule has 0 saturated heterocycles. The summed E-state index contributed by atoms with van der Waals surface area (Å²) >= 11 is 5.70. The summed E-state index contributed by atoms with van der Waals surface area (Å²) < 4.78 is 0. The van der Waals surface area contributed by atoms with E-state index in [-0.39, 0.29) is 17.4 Å². The van der Waals surface area contributed by atoms with Crippen LogP contribution >= 0.6 is 11.6 Å². The molecule has 0 saturated carbocycles. The van der Waals surface area contributed by atoms with E-state index >= 15 is 0 Å². The van der Waals surface area contributed by atoms with Crippen LogP contribution in [0.15, 0.2) is 36.5 Å². The van der Waals surface area contributed by atoms with Crippen molar-refractivity contribution in [2.45, 2.75) is 6.92 Å². The third-order valence-corrected chi connectivity index (χ3v) is 2.74. The number of carbonyl (C=O) groups is 1. The van der Waals surface area contributed by atoms with E-state index in [2.05, 4.69) is 10.3 Å². The number of pyridine rings is 1. The fraction of sp³-hybridized carbons (Fsp3) is 0.0769. The van der Waals surface area contributed by atoms with Gasteiger partial charge in [0.2, 0.25) is 0 Å². The van der Waals surface area contributed by atoms with Crippen molar-refractivity contribution in [3.8, 4) is 5.75 Å². The van der Waals surface area contributed by atoms with Crippen molar-refractivity contribution in [3.63, 3.8) is 0 Å². The van der Waals surface area contributed by atoms with Crippen molar-refractivity contribution >= 4 is 23.2 Å². The quantitative estimate of drug-likeness (QED) is 0.875. The highest BCUT2D eigenvalue weighted by molar-refractivity contribution is 6.30. The van der Waals surface area contributed by atoms with Gasteiger partial charge in [-0.3, -0.25) is 4.79 Å². The van der Waals surface area contributed by atoms with Crippen molar-refractivity contribution in [2.24, 2.45) is 0 Å². The molecule has 18 heavy (non-hydrogen) atoms. The number of rotatable bonds is 2. The van der Waals surface area contributed by atoms with E-state index in [1.54, 1.807) is 31.2 Å². The molecule has 0 aliphatic carbocycles. The number of phenols is 1. The fourth-order valence-electron chi connectivity index (χ4n) is 1.46. The first-order chi connectivity index (χ1) is 8.58. The zero-order valence-corrected chi connectivity index (χ0v) is 10.4. The van der Waals surface area contributed by atoms with Crippen molar-refractivity contribution in [1.82, 2.24) is 4.98 Å². The van der Waals surface area contributed by atoms with Crippen LogP contribution in [0.25, 0.3) is 0 Å². The number of hydrogen-bond donors (Lipinski definition) is 2. The Hall–Kier alpha value is -2.07. The van der Waals surface area contributed by atoms with E-state index in [1.165, 1.54) is 12.3 Å². The lowest BCUT2D eigenvalue weighted by Gasteiger charge is -2.08. The Labute approximate surface area is 109 Å². The fourth-order valence-corrected chi connectivity index (χ4v) is 1.57. The summed E-state index contributed by atoms with van der Waals surface area (Å²) in [4.78, 5) is 15.8. The van der Waals surface area contributed by atoms with Crippen molar-refractivity contribution in [2.75, 3.05) is 5.32 Å². The van der Waals surface area contributed by atoms with Gasteiger partial charge in [-0.2, -0.15) is 0 Å². The summed E-state index contributed by atoms with van der Waals surface area (Å²) in [6.45, 7) is 1.72. The van der Waals surface area contributed by atoms with Gasteiger partial charge in [0, 0.05) is 17.4 Å². The molecule has 1 aromatic carbocycles. The summed E-state index contributed by atoms with van der Waals surface area (Å²) in [5, 5.41) is 12.7. The number of halogens is 1. The predicted molar refractivity (Wildman–Crippen MR) is 70.0 cm³/mol. The first kappa shape index (κ1) is 12.4. The molecular formula is C13H11ClN2O2. The Balaban J connectivity index is 2.21. The van der Waals surface area contributed by atoms with Crippen LogP contribution in [0.4, 0.5) is 5.69 Å². The van der Waals surface area contributed by atoms with Gasteiger partial charge in [0.05, 0.1) is 5.02 Å². The molecule has 0 bridgehead atoms. The standard InChI is InChI=1S/C13H11ClN2O2/c1-8-10(3-2-4-12(8)17)16-13(18)11-6-5-9(14)7-15-11/h2-7,17H,1H3,(H,16,18). The number of carbonyl (C=O) groups excluding carboxylic acids is 1. The lowest BCUT2D eigenvalue weighted by Crippen LogP contribution is -2.14. The number of hydrogen-bond acceptors (Lipinski definition) is 3. The topological polar surface area (TPSA) is 62.2 Å². The maximum Gasteiger partial charge on any atom is 0.274 e. The van der Waals surface area contributed by atoms with Gasteiger partial charge in [0.1, 0.15) is 11.4 Å². The average molecular weight is 263 g/mol. The first-order valence-corrected chi connectivity index (χ1v) is 5.67. The SMILES string of the molecule is Cc1c(O)cccc1NC(=O)c1ccc(Cl)cn1. The van der Waals surface area contributed by atoms with Gasteiger partial charge < -0.3 is 10.4 Å². The van der Waals surface area contributed by atoms with Crippen LogP contribution in [0, 0.1) is 6.92 Å². The highest BCUT2D eigenvalue weighted by atomic mass is 35.5. The highest BCUT2D eigenvalue weighted by Gasteiger charge is 2.10. The highest BCUT2D eigenvalue weighted by Crippen LogP contribution is 2.24. The number of aromatic nitrogens is 1. The van der Waals surface area contributed by atoms with Gasteiger partial charge >= 0.3 is 0 Å². The number of aromatic hydroxyl groups is 1. The smallest absolute Gasteiger partial charge is 0.274 e. The van der Waals surface area contributed by atoms with Gasteiger partial charge in [-0.05, 0) is 31.2 Å². The molecule has 0 fully saturated rings. The number of nitrogens with zero attached hydrogens (tertiary/aromatic N) is 1. The number of amides is 1. The number of nitrogens with one attached hydrogen (secondary N) is 1. The normalized spacial score (nSPS) is 10.1. The molecule has 0 aliphatic heterocycles. The predicted octanol–water partition coefficient (Wildman–Crippen LogP) is 3.00. The molecule has 92 valence electrons. The maximum atomic E-state index is 11.9. The summed E-state index contributed by atoms with van der Waals surface area (Å²) in [6.07, 6.45) is 1.41. The van der Waals surface area contributed by atoms with Crippen molar-refractivity contribution in [3.05, 3.63) is 52.8 Å². The van der Waals surface area contributed by atoms with Crippen LogP contribution in [0.5, 0.6) is 5.75 Å². The molecule has 0 atom stereocenters. The first-order valence-electron chi connectivity index (χ1n) is 5.29. The van der Waals surface area contributed by atoms with Crippen LogP contribution in [0.1, 0.15) is 16.1 Å². The average Bonchev–Trinajstić information content (AvgIpc) is 2.36. The molecule has 5 heteroatoms. The molecular weight excluding hydrogens is 252 g/mol. The second-order valence-electron chi connectivity index (χ2n) is 3.77. The van der Waals surface area contributed by atoms with Gasteiger partial charge in [0.25, 0.3) is 5.91 Å². The molecule has 2 N–H and O–H groups in total. The molecule has 0 spiro atoms. The number of anilines is 1. The summed E-state index contributed by atoms with van der Waals surface area (Å²) in [5.74, 6) is -0.211. The maximum absolute atomic E-state index is 11.9. The summed E-state index contributed by atoms with van der Waals surface area (Å²) in [5.41, 5.74) is 1.43. The zero-order valence-electron chi connectivity index (χ0n) is 9.64. The van der Waals surface area contributed by atoms with E-state index in [1.807, 2.05) is 0 Å². The van der Waals surface area contributed by atoms with Gasteiger partial charge in [-0.15, -0.1) is 0 Å². The molecule has 0 aliphatic rings. The Kier molecular flexibility index (Phi) is 3.48. The minimum absolute atomic E-state index is 0.136. The van der Waals surface area contributed by atoms with Crippen molar-refractivity contribution in [1.29, 1.82) is 0 Å². The van der Waals surface area contributed by atoms with Gasteiger partial charge in [-0.1, -0.05) is 17.7 Å². The van der Waals surface area contributed by atoms with Crippen LogP contribution in [-0.2, 0) is 0 Å². The Morgan fingerprint density at radius 3 is 2.78 bits per heavy atom. The second kappa shape index (κ2) is 5.06. The van der Waals surface area contributed by atoms with E-state index in [0.29, 0.717) is 16.3 Å². The van der Waals surface area contributed by atoms with Crippen molar-refractivity contribution < 1.29 is 9.90 Å². The lowest BCUT2D eigenvalue weighted by atomic mass is 10.2. The molecule has 2 rings (SSSR count). The van der Waals surface area contributed by atoms with E-state index < -0.39 is 0 Å². The van der Waals surface area contributed by atoms with E-state index in [9.17, 15) is 9.90 Å². The molecule has 0 radical (unpaired) electrons. The van der Waals surface area contributed by atoms with Crippen LogP contribution in [0.2, 0.25) is 5.02 Å². The van der Waals surface area contributed by atoms with E-state index in [4.69, 9.17) is 11.6 Å². The zero-order chi connectivity index (χ0) is 13.1. The summed E-state index contributed by atoms with van der Waals surface area (Å²) in [6, 6.07) is 8.07. The minimum atomic E-state index is -0.347. The molecule has 2 aromatic rings. The monoisotopic (exact) mass is 262 g/mol. The van der Waals surface area contributed by atoms with Crippen LogP contribution < -0.4 is 5.32 Å². The number of benzene rings is 1. The minimum Gasteiger partial charge on any atom is -0.508 e. The van der Waals surface area contributed by atoms with E-state index in [0.717, 1.165) is 0 Å². The third-order valence-electron chi connectivity index (χ3n) is 2.51. The molecule has 1 heterocycles.